The fourth-order valence-electron chi connectivity index (χ4n) is 2.73. The average Bonchev–Trinajstić information content (AvgIpc) is 2.64. The number of benzene rings is 1. The molecule has 1 N–H and O–H groups in total. The van der Waals surface area contributed by atoms with Crippen LogP contribution in [0.5, 0.6) is 0 Å². The fourth-order valence-corrected chi connectivity index (χ4v) is 3.11. The van der Waals surface area contributed by atoms with Gasteiger partial charge in [-0.2, -0.15) is 0 Å². The number of nitrogens with one attached hydrogen (secondary N) is 1. The standard InChI is InChI=1S/C17H16Cl2N4O2/c18-11-1-2-14(19)13(9-11)16(24)22-12-3-7-23(8-4-12)17(25)15-10-20-5-6-21-15/h1-2,5-6,9-10,12H,3-4,7-8H2,(H,22,24). The molecule has 0 saturated carbocycles. The van der Waals surface area contributed by atoms with Gasteiger partial charge in [0.05, 0.1) is 16.8 Å². The first-order chi connectivity index (χ1) is 12.0. The molecule has 0 spiro atoms. The molecule has 0 atom stereocenters. The molecule has 25 heavy (non-hydrogen) atoms. The van der Waals surface area contributed by atoms with Crippen LogP contribution in [0, 0.1) is 0 Å². The van der Waals surface area contributed by atoms with E-state index in [1.165, 1.54) is 18.6 Å². The lowest BCUT2D eigenvalue weighted by molar-refractivity contribution is 0.0692. The van der Waals surface area contributed by atoms with Gasteiger partial charge in [0.1, 0.15) is 5.69 Å². The molecule has 2 aromatic rings. The van der Waals surface area contributed by atoms with Gasteiger partial charge < -0.3 is 10.2 Å². The van der Waals surface area contributed by atoms with Crippen LogP contribution < -0.4 is 5.32 Å². The first-order valence-electron chi connectivity index (χ1n) is 7.86. The number of carbonyl (C=O) groups excluding carboxylic acids is 2. The van der Waals surface area contributed by atoms with Crippen molar-refractivity contribution in [2.75, 3.05) is 13.1 Å². The van der Waals surface area contributed by atoms with E-state index in [9.17, 15) is 9.59 Å². The summed E-state index contributed by atoms with van der Waals surface area (Å²) in [7, 11) is 0. The van der Waals surface area contributed by atoms with Crippen molar-refractivity contribution in [3.05, 3.63) is 58.1 Å². The van der Waals surface area contributed by atoms with Gasteiger partial charge in [-0.05, 0) is 31.0 Å². The number of rotatable bonds is 3. The zero-order chi connectivity index (χ0) is 17.8. The molecule has 130 valence electrons. The lowest BCUT2D eigenvalue weighted by atomic mass is 10.0. The molecule has 1 aromatic heterocycles. The van der Waals surface area contributed by atoms with E-state index in [-0.39, 0.29) is 17.9 Å². The number of halogens is 2. The van der Waals surface area contributed by atoms with Crippen LogP contribution in [0.3, 0.4) is 0 Å². The van der Waals surface area contributed by atoms with Crippen LogP contribution in [-0.2, 0) is 0 Å². The summed E-state index contributed by atoms with van der Waals surface area (Å²) in [5.41, 5.74) is 0.683. The summed E-state index contributed by atoms with van der Waals surface area (Å²) < 4.78 is 0. The first-order valence-corrected chi connectivity index (χ1v) is 8.61. The quantitative estimate of drug-likeness (QED) is 0.890. The molecule has 8 heteroatoms. The molecular formula is C17H16Cl2N4O2. The van der Waals surface area contributed by atoms with Crippen molar-refractivity contribution in [3.8, 4) is 0 Å². The summed E-state index contributed by atoms with van der Waals surface area (Å²) in [4.78, 5) is 34.4. The Morgan fingerprint density at radius 3 is 2.60 bits per heavy atom. The van der Waals surface area contributed by atoms with E-state index in [0.29, 0.717) is 47.2 Å². The predicted octanol–water partition coefficient (Wildman–Crippen LogP) is 2.82. The molecule has 0 radical (unpaired) electrons. The van der Waals surface area contributed by atoms with Crippen molar-refractivity contribution < 1.29 is 9.59 Å². The molecule has 1 aromatic carbocycles. The Kier molecular flexibility index (Phi) is 5.50. The SMILES string of the molecule is O=C(NC1CCN(C(=O)c2cnccn2)CC1)c1cc(Cl)ccc1Cl. The number of hydrogen-bond acceptors (Lipinski definition) is 4. The maximum absolute atomic E-state index is 12.4. The Balaban J connectivity index is 1.57. The maximum atomic E-state index is 12.4. The zero-order valence-electron chi connectivity index (χ0n) is 13.3. The highest BCUT2D eigenvalue weighted by Gasteiger charge is 2.26. The van der Waals surface area contributed by atoms with E-state index in [2.05, 4.69) is 15.3 Å². The molecule has 3 rings (SSSR count). The normalized spacial score (nSPS) is 15.0. The lowest BCUT2D eigenvalue weighted by Gasteiger charge is -2.32. The minimum absolute atomic E-state index is 0.0199. The van der Waals surface area contributed by atoms with Gasteiger partial charge in [-0.25, -0.2) is 4.98 Å². The van der Waals surface area contributed by atoms with Gasteiger partial charge in [-0.3, -0.25) is 14.6 Å². The predicted molar refractivity (Wildman–Crippen MR) is 94.9 cm³/mol. The van der Waals surface area contributed by atoms with Gasteiger partial charge in [-0.1, -0.05) is 23.2 Å². The Hall–Kier alpha value is -2.18. The first kappa shape index (κ1) is 17.6. The number of aromatic nitrogens is 2. The van der Waals surface area contributed by atoms with Crippen molar-refractivity contribution in [2.24, 2.45) is 0 Å². The number of likely N-dealkylation sites (tertiary alicyclic amines) is 1. The molecule has 0 unspecified atom stereocenters. The minimum atomic E-state index is -0.258. The number of amides is 2. The van der Waals surface area contributed by atoms with Crippen LogP contribution in [0.4, 0.5) is 0 Å². The van der Waals surface area contributed by atoms with Crippen LogP contribution in [0.1, 0.15) is 33.7 Å². The molecule has 1 saturated heterocycles. The van der Waals surface area contributed by atoms with E-state index in [4.69, 9.17) is 23.2 Å². The Morgan fingerprint density at radius 1 is 1.16 bits per heavy atom. The fraction of sp³-hybridized carbons (Fsp3) is 0.294. The van der Waals surface area contributed by atoms with Crippen molar-refractivity contribution in [1.29, 1.82) is 0 Å². The molecule has 0 bridgehead atoms. The second-order valence-corrected chi connectivity index (χ2v) is 6.60. The van der Waals surface area contributed by atoms with Gasteiger partial charge in [0.15, 0.2) is 0 Å². The number of piperidine rings is 1. The molecule has 0 aliphatic carbocycles. The summed E-state index contributed by atoms with van der Waals surface area (Å²) >= 11 is 12.0. The second-order valence-electron chi connectivity index (χ2n) is 5.75. The lowest BCUT2D eigenvalue weighted by Crippen LogP contribution is -2.46. The molecule has 1 fully saturated rings. The zero-order valence-corrected chi connectivity index (χ0v) is 14.8. The number of nitrogens with zero attached hydrogens (tertiary/aromatic N) is 3. The topological polar surface area (TPSA) is 75.2 Å². The summed E-state index contributed by atoms with van der Waals surface area (Å²) in [5.74, 6) is -0.401. The van der Waals surface area contributed by atoms with E-state index in [0.717, 1.165) is 0 Å². The molecular weight excluding hydrogens is 363 g/mol. The third-order valence-electron chi connectivity index (χ3n) is 4.07. The molecule has 2 heterocycles. The third kappa shape index (κ3) is 4.27. The largest absolute Gasteiger partial charge is 0.349 e. The molecule has 2 amide bonds. The van der Waals surface area contributed by atoms with Crippen LogP contribution in [-0.4, -0.2) is 45.8 Å². The molecule has 6 nitrogen and oxygen atoms in total. The van der Waals surface area contributed by atoms with Crippen LogP contribution in [0.15, 0.2) is 36.8 Å². The maximum Gasteiger partial charge on any atom is 0.274 e. The van der Waals surface area contributed by atoms with Crippen molar-refractivity contribution in [3.63, 3.8) is 0 Å². The van der Waals surface area contributed by atoms with Gasteiger partial charge in [0, 0.05) is 36.5 Å². The van der Waals surface area contributed by atoms with Crippen LogP contribution in [0.25, 0.3) is 0 Å². The van der Waals surface area contributed by atoms with E-state index < -0.39 is 0 Å². The summed E-state index contributed by atoms with van der Waals surface area (Å²) in [6.45, 7) is 1.09. The highest BCUT2D eigenvalue weighted by Crippen LogP contribution is 2.21. The second kappa shape index (κ2) is 7.80. The number of carbonyl (C=O) groups is 2. The summed E-state index contributed by atoms with van der Waals surface area (Å²) in [6, 6.07) is 4.76. The monoisotopic (exact) mass is 378 g/mol. The van der Waals surface area contributed by atoms with E-state index in [1.807, 2.05) is 0 Å². The van der Waals surface area contributed by atoms with E-state index >= 15 is 0 Å². The van der Waals surface area contributed by atoms with Gasteiger partial charge >= 0.3 is 0 Å². The van der Waals surface area contributed by atoms with Gasteiger partial charge in [0.25, 0.3) is 11.8 Å². The van der Waals surface area contributed by atoms with Crippen molar-refractivity contribution in [2.45, 2.75) is 18.9 Å². The van der Waals surface area contributed by atoms with Crippen LogP contribution in [0.2, 0.25) is 10.0 Å². The average molecular weight is 379 g/mol. The van der Waals surface area contributed by atoms with Crippen molar-refractivity contribution in [1.82, 2.24) is 20.2 Å². The number of hydrogen-bond donors (Lipinski definition) is 1. The Morgan fingerprint density at radius 2 is 1.92 bits per heavy atom. The van der Waals surface area contributed by atoms with Crippen LogP contribution >= 0.6 is 23.2 Å². The molecule has 1 aliphatic rings. The third-order valence-corrected chi connectivity index (χ3v) is 4.64. The smallest absolute Gasteiger partial charge is 0.274 e. The highest BCUT2D eigenvalue weighted by atomic mass is 35.5. The van der Waals surface area contributed by atoms with Crippen molar-refractivity contribution >= 4 is 35.0 Å². The minimum Gasteiger partial charge on any atom is -0.349 e. The Bertz CT molecular complexity index is 777. The van der Waals surface area contributed by atoms with E-state index in [1.54, 1.807) is 23.1 Å². The Labute approximate surface area is 155 Å². The molecule has 1 aliphatic heterocycles. The highest BCUT2D eigenvalue weighted by molar-refractivity contribution is 6.35. The summed E-state index contributed by atoms with van der Waals surface area (Å²) in [5, 5.41) is 3.77. The van der Waals surface area contributed by atoms with Gasteiger partial charge in [-0.15, -0.1) is 0 Å². The van der Waals surface area contributed by atoms with Gasteiger partial charge in [0.2, 0.25) is 0 Å². The summed E-state index contributed by atoms with van der Waals surface area (Å²) in [6.07, 6.45) is 5.80.